The molecule has 5 saturated carbocycles. The molecule has 5 aliphatic carbocycles. The minimum Gasteiger partial charge on any atom is -0.497 e. The van der Waals surface area contributed by atoms with Crippen molar-refractivity contribution in [2.24, 2.45) is 40.4 Å². The molecule has 1 unspecified atom stereocenters. The number of hydrogen-bond donors (Lipinski definition) is 0. The van der Waals surface area contributed by atoms with E-state index < -0.39 is 46.7 Å². The fraction of sp³-hybridized carbons (Fsp3) is 0.757. The first-order chi connectivity index (χ1) is 23.5. The van der Waals surface area contributed by atoms with E-state index in [4.69, 9.17) is 37.9 Å². The summed E-state index contributed by atoms with van der Waals surface area (Å²) in [5, 5.41) is 0. The molecule has 0 amide bonds. The van der Waals surface area contributed by atoms with Crippen LogP contribution >= 0.6 is 0 Å². The summed E-state index contributed by atoms with van der Waals surface area (Å²) in [6.45, 7) is 6.73. The quantitative estimate of drug-likeness (QED) is 0.251. The van der Waals surface area contributed by atoms with E-state index in [2.05, 4.69) is 11.8 Å². The van der Waals surface area contributed by atoms with E-state index in [0.717, 1.165) is 0 Å². The predicted molar refractivity (Wildman–Crippen MR) is 174 cm³/mol. The maximum absolute atomic E-state index is 13.9. The Bertz CT molecular complexity index is 1450. The second kappa shape index (κ2) is 12.5. The van der Waals surface area contributed by atoms with Gasteiger partial charge >= 0.3 is 17.9 Å². The van der Waals surface area contributed by atoms with Crippen LogP contribution < -0.4 is 4.74 Å². The Morgan fingerprint density at radius 3 is 2.16 bits per heavy atom. The molecule has 12 heteroatoms. The van der Waals surface area contributed by atoms with E-state index in [1.807, 2.05) is 0 Å². The third-order valence-corrected chi connectivity index (χ3v) is 13.6. The van der Waals surface area contributed by atoms with E-state index >= 15 is 0 Å². The Kier molecular flexibility index (Phi) is 8.82. The Morgan fingerprint density at radius 2 is 1.59 bits per heavy atom. The molecule has 270 valence electrons. The molecule has 1 spiro atoms. The summed E-state index contributed by atoms with van der Waals surface area (Å²) in [6, 6.07) is 6.79. The number of benzene rings is 1. The van der Waals surface area contributed by atoms with Gasteiger partial charge in [0.05, 0.1) is 37.6 Å². The Hall–Kier alpha value is -2.77. The molecule has 14 atom stereocenters. The highest BCUT2D eigenvalue weighted by atomic mass is 16.6. The topological polar surface area (TPSA) is 128 Å². The summed E-state index contributed by atoms with van der Waals surface area (Å²) in [5.74, 6) is -1.65. The first-order valence-electron chi connectivity index (χ1n) is 17.6. The lowest BCUT2D eigenvalue weighted by molar-refractivity contribution is -0.298. The van der Waals surface area contributed by atoms with Gasteiger partial charge in [0.1, 0.15) is 23.6 Å². The molecule has 7 bridgehead atoms. The maximum atomic E-state index is 13.9. The highest BCUT2D eigenvalue weighted by molar-refractivity contribution is 5.89. The van der Waals surface area contributed by atoms with Gasteiger partial charge in [0, 0.05) is 102 Å². The maximum Gasteiger partial charge on any atom is 0.338 e. The van der Waals surface area contributed by atoms with Crippen LogP contribution in [-0.4, -0.2) is 120 Å². The highest BCUT2D eigenvalue weighted by Crippen LogP contribution is 2.80. The predicted octanol–water partition coefficient (Wildman–Crippen LogP) is 3.14. The number of ether oxygens (including phenoxy) is 8. The fourth-order valence-electron chi connectivity index (χ4n) is 12.7. The summed E-state index contributed by atoms with van der Waals surface area (Å²) >= 11 is 0. The van der Waals surface area contributed by atoms with Crippen molar-refractivity contribution in [2.75, 3.05) is 55.2 Å². The number of carbonyl (C=O) groups excluding carboxylic acids is 3. The number of nitrogens with zero attached hydrogens (tertiary/aromatic N) is 1. The third-order valence-electron chi connectivity index (χ3n) is 13.6. The minimum absolute atomic E-state index is 0.0893. The zero-order chi connectivity index (χ0) is 35.0. The SMILES string of the molecule is CCN1C[C@]2(COC)C(OC(C)=O)C[C@H](OC)[C@@]34[C@@H]5C[C@H]6[C@H](OC(=O)c7ccc(OC)cc7)[C@@H]5[C@](OC(C)=O)(C[C@@H]6OC)[C@@H]([C@H](OC)[C@H]23)[C@@H]14. The van der Waals surface area contributed by atoms with Crippen LogP contribution in [0.25, 0.3) is 0 Å². The molecule has 49 heavy (non-hydrogen) atoms. The summed E-state index contributed by atoms with van der Waals surface area (Å²) in [5.41, 5.74) is -1.83. The Labute approximate surface area is 288 Å². The Morgan fingerprint density at radius 1 is 0.857 bits per heavy atom. The number of rotatable bonds is 11. The van der Waals surface area contributed by atoms with Crippen molar-refractivity contribution in [2.45, 2.75) is 82.2 Å². The van der Waals surface area contributed by atoms with Crippen molar-refractivity contribution < 1.29 is 52.3 Å². The van der Waals surface area contributed by atoms with Gasteiger partial charge in [-0.1, -0.05) is 6.92 Å². The van der Waals surface area contributed by atoms with Crippen LogP contribution in [0.5, 0.6) is 5.75 Å². The molecule has 7 rings (SSSR count). The van der Waals surface area contributed by atoms with Gasteiger partial charge in [-0.05, 0) is 43.1 Å². The number of fused-ring (bicyclic) bond motifs is 2. The first-order valence-corrected chi connectivity index (χ1v) is 17.6. The van der Waals surface area contributed by atoms with Crippen molar-refractivity contribution in [3.05, 3.63) is 29.8 Å². The van der Waals surface area contributed by atoms with Gasteiger partial charge in [0.2, 0.25) is 0 Å². The number of likely N-dealkylation sites (tertiary alicyclic amines) is 1. The van der Waals surface area contributed by atoms with E-state index in [0.29, 0.717) is 50.3 Å². The van der Waals surface area contributed by atoms with Crippen molar-refractivity contribution in [3.63, 3.8) is 0 Å². The molecule has 1 saturated heterocycles. The molecule has 6 aliphatic rings. The molecule has 12 nitrogen and oxygen atoms in total. The molecule has 1 aromatic carbocycles. The van der Waals surface area contributed by atoms with E-state index in [1.165, 1.54) is 13.8 Å². The van der Waals surface area contributed by atoms with Crippen LogP contribution in [0.1, 0.15) is 50.4 Å². The van der Waals surface area contributed by atoms with Gasteiger partial charge in [-0.15, -0.1) is 0 Å². The summed E-state index contributed by atoms with van der Waals surface area (Å²) in [6.07, 6.45) is -0.529. The molecule has 0 aromatic heterocycles. The number of esters is 3. The fourth-order valence-corrected chi connectivity index (χ4v) is 12.7. The molecule has 0 N–H and O–H groups in total. The van der Waals surface area contributed by atoms with Crippen LogP contribution in [0.4, 0.5) is 0 Å². The minimum atomic E-state index is -1.07. The second-order valence-electron chi connectivity index (χ2n) is 15.1. The van der Waals surface area contributed by atoms with Crippen LogP contribution in [0.15, 0.2) is 24.3 Å². The highest BCUT2D eigenvalue weighted by Gasteiger charge is 2.89. The largest absolute Gasteiger partial charge is 0.497 e. The number of hydrogen-bond acceptors (Lipinski definition) is 12. The summed E-state index contributed by atoms with van der Waals surface area (Å²) < 4.78 is 50.3. The van der Waals surface area contributed by atoms with Gasteiger partial charge < -0.3 is 37.9 Å². The number of methoxy groups -OCH3 is 5. The molecule has 6 fully saturated rings. The molecular formula is C37H51NO11. The molecule has 1 aromatic rings. The summed E-state index contributed by atoms with van der Waals surface area (Å²) in [7, 11) is 8.42. The average molecular weight is 686 g/mol. The normalized spacial score (nSPS) is 44.3. The van der Waals surface area contributed by atoms with Crippen molar-refractivity contribution in [3.8, 4) is 5.75 Å². The molecule has 0 radical (unpaired) electrons. The second-order valence-corrected chi connectivity index (χ2v) is 15.1. The van der Waals surface area contributed by atoms with Gasteiger partial charge in [0.25, 0.3) is 0 Å². The van der Waals surface area contributed by atoms with Crippen molar-refractivity contribution in [1.82, 2.24) is 4.90 Å². The Balaban J connectivity index is 1.45. The van der Waals surface area contributed by atoms with Crippen LogP contribution in [0.3, 0.4) is 0 Å². The molecular weight excluding hydrogens is 634 g/mol. The average Bonchev–Trinajstić information content (AvgIpc) is 3.50. The van der Waals surface area contributed by atoms with Crippen molar-refractivity contribution >= 4 is 17.9 Å². The van der Waals surface area contributed by atoms with E-state index in [9.17, 15) is 14.4 Å². The van der Waals surface area contributed by atoms with E-state index in [1.54, 1.807) is 59.8 Å². The lowest BCUT2D eigenvalue weighted by Crippen LogP contribution is -2.79. The number of piperidine rings is 1. The molecule has 1 aliphatic heterocycles. The van der Waals surface area contributed by atoms with Crippen LogP contribution in [0, 0.1) is 40.4 Å². The first kappa shape index (κ1) is 34.7. The standard InChI is InChI=1S/C37H51NO11/c1-9-38-17-35(18-42-4)26(47-19(2)39)15-27(45-7)37-24-14-23-25(44-6)16-36(49-20(3)40,29(33(37)38)31(46-8)32(35)37)28(24)30(23)48-34(41)21-10-12-22(43-5)13-11-21/h10-13,23-33H,9,14-18H2,1-8H3/t23-,24-,25+,26?,27+,28-,29+,30+,31+,32-,33-,35+,36-,37+/m1/s1. The van der Waals surface area contributed by atoms with Gasteiger partial charge in [-0.25, -0.2) is 4.79 Å². The van der Waals surface area contributed by atoms with Gasteiger partial charge in [0.15, 0.2) is 0 Å². The monoisotopic (exact) mass is 685 g/mol. The van der Waals surface area contributed by atoms with Gasteiger partial charge in [-0.3, -0.25) is 14.5 Å². The third kappa shape index (κ3) is 4.55. The van der Waals surface area contributed by atoms with E-state index in [-0.39, 0.29) is 53.8 Å². The number of carbonyl (C=O) groups is 3. The van der Waals surface area contributed by atoms with Gasteiger partial charge in [-0.2, -0.15) is 0 Å². The molecule has 1 heterocycles. The lowest BCUT2D eigenvalue weighted by atomic mass is 9.42. The zero-order valence-electron chi connectivity index (χ0n) is 29.8. The summed E-state index contributed by atoms with van der Waals surface area (Å²) in [4.78, 5) is 42.5. The van der Waals surface area contributed by atoms with Crippen LogP contribution in [-0.2, 0) is 42.7 Å². The smallest absolute Gasteiger partial charge is 0.338 e. The van der Waals surface area contributed by atoms with Crippen LogP contribution in [0.2, 0.25) is 0 Å². The lowest BCUT2D eigenvalue weighted by Gasteiger charge is -2.70. The zero-order valence-corrected chi connectivity index (χ0v) is 29.8. The van der Waals surface area contributed by atoms with Crippen molar-refractivity contribution in [1.29, 1.82) is 0 Å².